The summed E-state index contributed by atoms with van der Waals surface area (Å²) in [7, 11) is -3.78. The van der Waals surface area contributed by atoms with Crippen molar-refractivity contribution >= 4 is 39.0 Å². The van der Waals surface area contributed by atoms with E-state index in [1.165, 1.54) is 39.1 Å². The number of thiophene rings is 1. The molecule has 31 heavy (non-hydrogen) atoms. The Morgan fingerprint density at radius 1 is 1.19 bits per heavy atom. The Bertz CT molecular complexity index is 1140. The molecule has 8 nitrogen and oxygen atoms in total. The van der Waals surface area contributed by atoms with Crippen LogP contribution in [-0.2, 0) is 21.2 Å². The van der Waals surface area contributed by atoms with E-state index < -0.39 is 15.8 Å². The van der Waals surface area contributed by atoms with Gasteiger partial charge >= 0.3 is 0 Å². The molecule has 12 heteroatoms. The molecule has 0 saturated carbocycles. The second kappa shape index (κ2) is 9.47. The fourth-order valence-electron chi connectivity index (χ4n) is 3.17. The van der Waals surface area contributed by atoms with Crippen molar-refractivity contribution in [3.8, 4) is 0 Å². The molecule has 0 atom stereocenters. The highest BCUT2D eigenvalue weighted by Gasteiger charge is 2.30. The van der Waals surface area contributed by atoms with Crippen molar-refractivity contribution in [2.45, 2.75) is 16.5 Å². The zero-order chi connectivity index (χ0) is 21.8. The Labute approximate surface area is 187 Å². The molecule has 1 aliphatic rings. The fraction of sp³-hybridized carbons (Fsp3) is 0.316. The predicted octanol–water partition coefficient (Wildman–Crippen LogP) is 2.22. The van der Waals surface area contributed by atoms with Crippen LogP contribution in [0.1, 0.15) is 10.7 Å². The van der Waals surface area contributed by atoms with E-state index in [1.54, 1.807) is 16.2 Å². The topological polar surface area (TPSA) is 99.3 Å². The lowest BCUT2D eigenvalue weighted by Gasteiger charge is -2.34. The van der Waals surface area contributed by atoms with Crippen LogP contribution in [0.25, 0.3) is 0 Å². The number of carbonyl (C=O) groups is 1. The Morgan fingerprint density at radius 3 is 2.71 bits per heavy atom. The minimum atomic E-state index is -3.78. The molecule has 0 spiro atoms. The minimum Gasteiger partial charge on any atom is -0.339 e. The fourth-order valence-corrected chi connectivity index (χ4v) is 6.05. The average molecular weight is 482 g/mol. The monoisotopic (exact) mass is 481 g/mol. The number of aromatic nitrogens is 3. The standard InChI is InChI=1S/C19H20FN5O3S3/c20-14-3-1-5-16(11-14)31(27,28)25-8-6-24(7-9-25)18(26)13-30-19-21-17(22-23-19)12-15-4-2-10-29-15/h1-5,10-11H,6-9,12-13H2,(H,21,22,23). The number of carbonyl (C=O) groups excluding carboxylic acids is 1. The number of thioether (sulfide) groups is 1. The van der Waals surface area contributed by atoms with E-state index in [1.807, 2.05) is 17.5 Å². The lowest BCUT2D eigenvalue weighted by atomic mass is 10.3. The quantitative estimate of drug-likeness (QED) is 0.520. The first kappa shape index (κ1) is 21.9. The third-order valence-corrected chi connectivity index (χ3v) is 8.39. The summed E-state index contributed by atoms with van der Waals surface area (Å²) in [6, 6.07) is 8.95. The van der Waals surface area contributed by atoms with Gasteiger partial charge in [-0.1, -0.05) is 23.9 Å². The molecule has 1 amide bonds. The number of benzene rings is 1. The summed E-state index contributed by atoms with van der Waals surface area (Å²) >= 11 is 2.89. The second-order valence-electron chi connectivity index (χ2n) is 6.85. The van der Waals surface area contributed by atoms with Gasteiger partial charge in [-0.05, 0) is 29.6 Å². The number of nitrogens with zero attached hydrogens (tertiary/aromatic N) is 4. The smallest absolute Gasteiger partial charge is 0.243 e. The summed E-state index contributed by atoms with van der Waals surface area (Å²) in [5.74, 6) is 0.218. The maximum absolute atomic E-state index is 13.4. The molecule has 0 unspecified atom stereocenters. The lowest BCUT2D eigenvalue weighted by Crippen LogP contribution is -2.51. The van der Waals surface area contributed by atoms with Gasteiger partial charge in [0.15, 0.2) is 0 Å². The molecule has 3 aromatic rings. The molecule has 2 aromatic heterocycles. The third kappa shape index (κ3) is 5.32. The van der Waals surface area contributed by atoms with Crippen LogP contribution in [0.15, 0.2) is 51.8 Å². The van der Waals surface area contributed by atoms with E-state index in [4.69, 9.17) is 0 Å². The van der Waals surface area contributed by atoms with Gasteiger partial charge in [0.25, 0.3) is 0 Å². The summed E-state index contributed by atoms with van der Waals surface area (Å²) in [5, 5.41) is 9.54. The maximum atomic E-state index is 13.4. The average Bonchev–Trinajstić information content (AvgIpc) is 3.44. The Hall–Kier alpha value is -2.28. The first-order chi connectivity index (χ1) is 14.9. The van der Waals surface area contributed by atoms with E-state index in [9.17, 15) is 17.6 Å². The van der Waals surface area contributed by atoms with Crippen LogP contribution >= 0.6 is 23.1 Å². The second-order valence-corrected chi connectivity index (χ2v) is 10.8. The molecule has 0 radical (unpaired) electrons. The lowest BCUT2D eigenvalue weighted by molar-refractivity contribution is -0.129. The van der Waals surface area contributed by atoms with Crippen molar-refractivity contribution in [2.24, 2.45) is 0 Å². The number of piperazine rings is 1. The van der Waals surface area contributed by atoms with Crippen molar-refractivity contribution in [3.63, 3.8) is 0 Å². The highest BCUT2D eigenvalue weighted by molar-refractivity contribution is 7.99. The van der Waals surface area contributed by atoms with Crippen LogP contribution in [0.3, 0.4) is 0 Å². The summed E-state index contributed by atoms with van der Waals surface area (Å²) in [6.07, 6.45) is 0.668. The largest absolute Gasteiger partial charge is 0.339 e. The van der Waals surface area contributed by atoms with Gasteiger partial charge in [-0.25, -0.2) is 17.8 Å². The van der Waals surface area contributed by atoms with Gasteiger partial charge in [0.2, 0.25) is 21.1 Å². The number of halogens is 1. The van der Waals surface area contributed by atoms with E-state index in [0.29, 0.717) is 11.6 Å². The first-order valence-corrected chi connectivity index (χ1v) is 12.8. The van der Waals surface area contributed by atoms with Crippen LogP contribution in [0.4, 0.5) is 4.39 Å². The molecule has 3 heterocycles. The number of nitrogens with one attached hydrogen (secondary N) is 1. The third-order valence-electron chi connectivity index (χ3n) is 4.78. The predicted molar refractivity (Wildman–Crippen MR) is 116 cm³/mol. The number of sulfonamides is 1. The normalized spacial score (nSPS) is 15.3. The molecular weight excluding hydrogens is 461 g/mol. The number of H-pyrrole nitrogens is 1. The van der Waals surface area contributed by atoms with Crippen LogP contribution in [-0.4, -0.2) is 70.6 Å². The van der Waals surface area contributed by atoms with Gasteiger partial charge in [0.1, 0.15) is 11.6 Å². The van der Waals surface area contributed by atoms with Crippen LogP contribution in [0, 0.1) is 5.82 Å². The molecule has 1 aromatic carbocycles. The van der Waals surface area contributed by atoms with E-state index in [2.05, 4.69) is 15.2 Å². The van der Waals surface area contributed by atoms with Crippen LogP contribution in [0.5, 0.6) is 0 Å². The Balaban J connectivity index is 1.27. The van der Waals surface area contributed by atoms with E-state index in [-0.39, 0.29) is 42.7 Å². The van der Waals surface area contributed by atoms with Gasteiger partial charge in [-0.15, -0.1) is 16.4 Å². The number of rotatable bonds is 7. The van der Waals surface area contributed by atoms with Crippen LogP contribution < -0.4 is 0 Å². The van der Waals surface area contributed by atoms with Gasteiger partial charge in [-0.3, -0.25) is 9.89 Å². The van der Waals surface area contributed by atoms with E-state index in [0.717, 1.165) is 11.9 Å². The molecule has 164 valence electrons. The van der Waals surface area contributed by atoms with Crippen molar-refractivity contribution in [1.29, 1.82) is 0 Å². The van der Waals surface area contributed by atoms with Crippen molar-refractivity contribution in [2.75, 3.05) is 31.9 Å². The van der Waals surface area contributed by atoms with Gasteiger partial charge in [-0.2, -0.15) is 4.31 Å². The van der Waals surface area contributed by atoms with Crippen molar-refractivity contribution < 1.29 is 17.6 Å². The summed E-state index contributed by atoms with van der Waals surface area (Å²) < 4.78 is 40.0. The van der Waals surface area contributed by atoms with Crippen LogP contribution in [0.2, 0.25) is 0 Å². The summed E-state index contributed by atoms with van der Waals surface area (Å²) in [5.41, 5.74) is 0. The molecular formula is C19H20FN5O3S3. The zero-order valence-electron chi connectivity index (χ0n) is 16.4. The number of aromatic amines is 1. The number of amides is 1. The van der Waals surface area contributed by atoms with Gasteiger partial charge < -0.3 is 4.90 Å². The molecule has 4 rings (SSSR count). The van der Waals surface area contributed by atoms with E-state index >= 15 is 0 Å². The minimum absolute atomic E-state index is 0.0780. The van der Waals surface area contributed by atoms with Gasteiger partial charge in [0, 0.05) is 37.5 Å². The van der Waals surface area contributed by atoms with Crippen molar-refractivity contribution in [3.05, 3.63) is 58.3 Å². The number of hydrogen-bond donors (Lipinski definition) is 1. The summed E-state index contributed by atoms with van der Waals surface area (Å²) in [6.45, 7) is 0.902. The highest BCUT2D eigenvalue weighted by Crippen LogP contribution is 2.20. The Morgan fingerprint density at radius 2 is 2.00 bits per heavy atom. The summed E-state index contributed by atoms with van der Waals surface area (Å²) in [4.78, 5) is 19.7. The number of hydrogen-bond acceptors (Lipinski definition) is 7. The SMILES string of the molecule is O=C(CSc1n[nH]c(Cc2cccs2)n1)N1CCN(S(=O)(=O)c2cccc(F)c2)CC1. The molecule has 1 saturated heterocycles. The molecule has 1 aliphatic heterocycles. The molecule has 1 fully saturated rings. The zero-order valence-corrected chi connectivity index (χ0v) is 18.8. The first-order valence-electron chi connectivity index (χ1n) is 9.52. The Kier molecular flexibility index (Phi) is 6.70. The van der Waals surface area contributed by atoms with Crippen molar-refractivity contribution in [1.82, 2.24) is 24.4 Å². The maximum Gasteiger partial charge on any atom is 0.243 e. The molecule has 0 bridgehead atoms. The molecule has 0 aliphatic carbocycles. The highest BCUT2D eigenvalue weighted by atomic mass is 32.2. The molecule has 1 N–H and O–H groups in total. The van der Waals surface area contributed by atoms with Gasteiger partial charge in [0.05, 0.1) is 10.6 Å².